The van der Waals surface area contributed by atoms with Crippen LogP contribution in [0.15, 0.2) is 50.8 Å². The van der Waals surface area contributed by atoms with Crippen molar-refractivity contribution in [3.8, 4) is 11.5 Å². The van der Waals surface area contributed by atoms with Crippen molar-refractivity contribution in [2.45, 2.75) is 6.92 Å². The molecule has 3 aromatic rings. The first-order valence-electron chi connectivity index (χ1n) is 7.49. The minimum absolute atomic E-state index is 0.267. The average molecular weight is 402 g/mol. The Kier molecular flexibility index (Phi) is 4.85. The molecule has 3 rings (SSSR count). The Morgan fingerprint density at radius 2 is 1.76 bits per heavy atom. The molecule has 0 aliphatic carbocycles. The largest absolute Gasteiger partial charge is 0.493 e. The Morgan fingerprint density at radius 3 is 2.40 bits per heavy atom. The van der Waals surface area contributed by atoms with Crippen LogP contribution in [-0.2, 0) is 0 Å². The number of benzene rings is 2. The predicted octanol–water partition coefficient (Wildman–Crippen LogP) is 3.37. The van der Waals surface area contributed by atoms with Crippen molar-refractivity contribution in [1.29, 1.82) is 0 Å². The molecule has 0 N–H and O–H groups in total. The number of methoxy groups -OCH3 is 2. The molecule has 0 aliphatic heterocycles. The predicted molar refractivity (Wildman–Crippen MR) is 101 cm³/mol. The highest BCUT2D eigenvalue weighted by atomic mass is 79.9. The molecule has 0 atom stereocenters. The molecule has 0 amide bonds. The first kappa shape index (κ1) is 17.2. The summed E-state index contributed by atoms with van der Waals surface area (Å²) in [4.78, 5) is 17.3. The number of aryl methyl sites for hydroxylation is 1. The number of rotatable bonds is 4. The van der Waals surface area contributed by atoms with E-state index in [4.69, 9.17) is 9.47 Å². The van der Waals surface area contributed by atoms with E-state index < -0.39 is 0 Å². The van der Waals surface area contributed by atoms with Gasteiger partial charge in [-0.05, 0) is 30.7 Å². The van der Waals surface area contributed by atoms with E-state index >= 15 is 0 Å². The Morgan fingerprint density at radius 1 is 1.12 bits per heavy atom. The molecule has 2 aromatic carbocycles. The molecular weight excluding hydrogens is 386 g/mol. The van der Waals surface area contributed by atoms with Gasteiger partial charge in [0.05, 0.1) is 31.3 Å². The van der Waals surface area contributed by atoms with E-state index in [2.05, 4.69) is 26.0 Å². The summed E-state index contributed by atoms with van der Waals surface area (Å²) < 4.78 is 12.8. The van der Waals surface area contributed by atoms with Gasteiger partial charge in [-0.25, -0.2) is 4.98 Å². The topological polar surface area (TPSA) is 65.7 Å². The second-order valence-electron chi connectivity index (χ2n) is 5.30. The van der Waals surface area contributed by atoms with E-state index in [0.717, 1.165) is 10.0 Å². The quantitative estimate of drug-likeness (QED) is 0.628. The van der Waals surface area contributed by atoms with Crippen molar-refractivity contribution in [2.24, 2.45) is 5.10 Å². The van der Waals surface area contributed by atoms with Crippen LogP contribution in [0.5, 0.6) is 11.5 Å². The molecule has 0 spiro atoms. The van der Waals surface area contributed by atoms with Crippen LogP contribution in [-0.4, -0.2) is 30.1 Å². The average Bonchev–Trinajstić information content (AvgIpc) is 2.62. The molecule has 7 heteroatoms. The van der Waals surface area contributed by atoms with Gasteiger partial charge < -0.3 is 9.47 Å². The van der Waals surface area contributed by atoms with Crippen LogP contribution in [0.3, 0.4) is 0 Å². The molecule has 128 valence electrons. The van der Waals surface area contributed by atoms with E-state index in [0.29, 0.717) is 28.2 Å². The van der Waals surface area contributed by atoms with E-state index in [-0.39, 0.29) is 5.56 Å². The standard InChI is InChI=1S/C18H16BrN3O3/c1-11-21-15-9-17(25-3)16(24-2)8-14(15)18(23)22(11)20-10-12-4-6-13(19)7-5-12/h4-10H,1-3H3. The molecule has 0 aliphatic rings. The number of halogens is 1. The summed E-state index contributed by atoms with van der Waals surface area (Å²) in [6, 6.07) is 10.9. The fourth-order valence-electron chi connectivity index (χ4n) is 2.42. The Bertz CT molecular complexity index is 1010. The highest BCUT2D eigenvalue weighted by molar-refractivity contribution is 9.10. The van der Waals surface area contributed by atoms with E-state index in [1.807, 2.05) is 24.3 Å². The summed E-state index contributed by atoms with van der Waals surface area (Å²) in [5, 5.41) is 4.70. The maximum atomic E-state index is 12.8. The molecule has 0 unspecified atom stereocenters. The summed E-state index contributed by atoms with van der Waals surface area (Å²) in [6.07, 6.45) is 1.62. The van der Waals surface area contributed by atoms with Crippen molar-refractivity contribution in [3.05, 3.63) is 62.6 Å². The zero-order valence-electron chi connectivity index (χ0n) is 14.0. The van der Waals surface area contributed by atoms with Crippen LogP contribution >= 0.6 is 15.9 Å². The van der Waals surface area contributed by atoms with E-state index in [9.17, 15) is 4.79 Å². The fraction of sp³-hybridized carbons (Fsp3) is 0.167. The lowest BCUT2D eigenvalue weighted by atomic mass is 10.2. The molecule has 1 heterocycles. The summed E-state index contributed by atoms with van der Waals surface area (Å²) >= 11 is 3.39. The van der Waals surface area contributed by atoms with Crippen molar-refractivity contribution in [1.82, 2.24) is 9.66 Å². The van der Waals surface area contributed by atoms with Gasteiger partial charge in [-0.2, -0.15) is 9.78 Å². The second kappa shape index (κ2) is 7.06. The molecule has 25 heavy (non-hydrogen) atoms. The molecule has 6 nitrogen and oxygen atoms in total. The van der Waals surface area contributed by atoms with Crippen LogP contribution in [0.1, 0.15) is 11.4 Å². The number of nitrogens with zero attached hydrogens (tertiary/aromatic N) is 3. The first-order chi connectivity index (χ1) is 12.0. The van der Waals surface area contributed by atoms with Crippen LogP contribution in [0.25, 0.3) is 10.9 Å². The molecule has 0 radical (unpaired) electrons. The Hall–Kier alpha value is -2.67. The lowest BCUT2D eigenvalue weighted by Gasteiger charge is -2.10. The van der Waals surface area contributed by atoms with Crippen molar-refractivity contribution in [3.63, 3.8) is 0 Å². The highest BCUT2D eigenvalue weighted by Gasteiger charge is 2.12. The third-order valence-corrected chi connectivity index (χ3v) is 4.23. The number of ether oxygens (including phenoxy) is 2. The number of fused-ring (bicyclic) bond motifs is 1. The minimum atomic E-state index is -0.267. The SMILES string of the molecule is COc1cc2nc(C)n(N=Cc3ccc(Br)cc3)c(=O)c2cc1OC. The van der Waals surface area contributed by atoms with Crippen LogP contribution in [0.2, 0.25) is 0 Å². The summed E-state index contributed by atoms with van der Waals surface area (Å²) in [6.45, 7) is 1.73. The van der Waals surface area contributed by atoms with Gasteiger partial charge in [0.1, 0.15) is 5.82 Å². The molecular formula is C18H16BrN3O3. The third kappa shape index (κ3) is 3.41. The summed E-state index contributed by atoms with van der Waals surface area (Å²) in [5.41, 5.74) is 1.15. The zero-order chi connectivity index (χ0) is 18.0. The number of hydrogen-bond acceptors (Lipinski definition) is 5. The smallest absolute Gasteiger partial charge is 0.282 e. The third-order valence-electron chi connectivity index (χ3n) is 3.71. The lowest BCUT2D eigenvalue weighted by Crippen LogP contribution is -2.20. The van der Waals surface area contributed by atoms with Gasteiger partial charge in [-0.1, -0.05) is 28.1 Å². The van der Waals surface area contributed by atoms with E-state index in [1.165, 1.54) is 11.8 Å². The second-order valence-corrected chi connectivity index (χ2v) is 6.21. The first-order valence-corrected chi connectivity index (χ1v) is 8.28. The van der Waals surface area contributed by atoms with Gasteiger partial charge in [0, 0.05) is 10.5 Å². The molecule has 0 saturated carbocycles. The lowest BCUT2D eigenvalue weighted by molar-refractivity contribution is 0.355. The van der Waals surface area contributed by atoms with Gasteiger partial charge in [-0.3, -0.25) is 4.79 Å². The van der Waals surface area contributed by atoms with Crippen molar-refractivity contribution in [2.75, 3.05) is 14.2 Å². The normalized spacial score (nSPS) is 11.2. The van der Waals surface area contributed by atoms with Crippen LogP contribution in [0.4, 0.5) is 0 Å². The number of aromatic nitrogens is 2. The van der Waals surface area contributed by atoms with Crippen LogP contribution < -0.4 is 15.0 Å². The zero-order valence-corrected chi connectivity index (χ0v) is 15.6. The van der Waals surface area contributed by atoms with Crippen molar-refractivity contribution >= 4 is 33.0 Å². The molecule has 0 saturated heterocycles. The minimum Gasteiger partial charge on any atom is -0.493 e. The monoisotopic (exact) mass is 401 g/mol. The maximum absolute atomic E-state index is 12.8. The number of hydrogen-bond donors (Lipinski definition) is 0. The summed E-state index contributed by atoms with van der Waals surface area (Å²) in [7, 11) is 3.07. The highest BCUT2D eigenvalue weighted by Crippen LogP contribution is 2.30. The Balaban J connectivity index is 2.12. The van der Waals surface area contributed by atoms with Gasteiger partial charge in [0.2, 0.25) is 0 Å². The van der Waals surface area contributed by atoms with Gasteiger partial charge in [-0.15, -0.1) is 0 Å². The fourth-order valence-corrected chi connectivity index (χ4v) is 2.69. The summed E-state index contributed by atoms with van der Waals surface area (Å²) in [5.74, 6) is 1.48. The van der Waals surface area contributed by atoms with Crippen LogP contribution in [0, 0.1) is 6.92 Å². The molecule has 1 aromatic heterocycles. The van der Waals surface area contributed by atoms with Gasteiger partial charge in [0.15, 0.2) is 11.5 Å². The van der Waals surface area contributed by atoms with Crippen molar-refractivity contribution < 1.29 is 9.47 Å². The van der Waals surface area contributed by atoms with E-state index in [1.54, 1.807) is 32.4 Å². The Labute approximate surface area is 152 Å². The molecule has 0 bridgehead atoms. The van der Waals surface area contributed by atoms with Gasteiger partial charge in [0.25, 0.3) is 5.56 Å². The molecule has 0 fully saturated rings. The maximum Gasteiger partial charge on any atom is 0.282 e. The van der Waals surface area contributed by atoms with Gasteiger partial charge >= 0.3 is 0 Å².